The molecule has 5 nitrogen and oxygen atoms in total. The predicted octanol–water partition coefficient (Wildman–Crippen LogP) is 2.66. The highest BCUT2D eigenvalue weighted by Crippen LogP contribution is 2.25. The van der Waals surface area contributed by atoms with Crippen LogP contribution in [0.5, 0.6) is 0 Å². The van der Waals surface area contributed by atoms with Crippen LogP contribution in [-0.4, -0.2) is 37.5 Å². The van der Waals surface area contributed by atoms with Crippen molar-refractivity contribution in [1.29, 1.82) is 0 Å². The maximum Gasteiger partial charge on any atom is 0.238 e. The lowest BCUT2D eigenvalue weighted by Gasteiger charge is -2.35. The van der Waals surface area contributed by atoms with Crippen molar-refractivity contribution in [3.63, 3.8) is 0 Å². The molecule has 1 aromatic heterocycles. The van der Waals surface area contributed by atoms with E-state index in [-0.39, 0.29) is 17.8 Å². The Morgan fingerprint density at radius 1 is 1.28 bits per heavy atom. The van der Waals surface area contributed by atoms with Gasteiger partial charge in [-0.05, 0) is 49.3 Å². The number of carbonyl (C=O) groups excluding carboxylic acids is 1. The fourth-order valence-corrected chi connectivity index (χ4v) is 4.27. The summed E-state index contributed by atoms with van der Waals surface area (Å²) < 4.78 is 2.13. The second kappa shape index (κ2) is 6.79. The zero-order chi connectivity index (χ0) is 17.4. The molecule has 1 unspecified atom stereocenters. The molecular weight excluding hydrogens is 336 g/mol. The monoisotopic (exact) mass is 358 g/mol. The summed E-state index contributed by atoms with van der Waals surface area (Å²) >= 11 is 5.91. The normalized spacial score (nSPS) is 18.7. The molecule has 1 aliphatic carbocycles. The molecule has 0 N–H and O–H groups in total. The second-order valence-electron chi connectivity index (χ2n) is 7.08. The van der Waals surface area contributed by atoms with Crippen LogP contribution in [0.15, 0.2) is 18.2 Å². The lowest BCUT2D eigenvalue weighted by Crippen LogP contribution is -2.45. The molecule has 2 aromatic rings. The molecule has 0 fully saturated rings. The smallest absolute Gasteiger partial charge is 0.238 e. The summed E-state index contributed by atoms with van der Waals surface area (Å²) in [5.41, 5.74) is 4.10. The van der Waals surface area contributed by atoms with E-state index in [1.807, 2.05) is 11.8 Å². The van der Waals surface area contributed by atoms with Gasteiger partial charge in [0.25, 0.3) is 0 Å². The number of aromatic nitrogens is 3. The van der Waals surface area contributed by atoms with Crippen LogP contribution in [0.2, 0.25) is 0 Å². The lowest BCUT2D eigenvalue weighted by molar-refractivity contribution is -0.132. The number of halogens is 1. The summed E-state index contributed by atoms with van der Waals surface area (Å²) in [5, 5.41) is 8.39. The van der Waals surface area contributed by atoms with E-state index in [1.54, 1.807) is 0 Å². The molecule has 2 aliphatic rings. The Balaban J connectivity index is 1.57. The first kappa shape index (κ1) is 16.6. The van der Waals surface area contributed by atoms with Gasteiger partial charge in [-0.15, -0.1) is 21.8 Å². The Morgan fingerprint density at radius 2 is 2.12 bits per heavy atom. The Bertz CT molecular complexity index is 801. The maximum atomic E-state index is 12.5. The molecular formula is C19H23ClN4O. The van der Waals surface area contributed by atoms with Gasteiger partial charge in [0.2, 0.25) is 5.91 Å². The highest BCUT2D eigenvalue weighted by atomic mass is 35.5. The standard InChI is InChI=1S/C19H23ClN4O/c1-13-21-22-18-8-7-17(12-23(13)18)24(19(25)10-20)11-14-5-6-15-3-2-4-16(15)9-14/h5-6,9,17H,2-4,7-8,10-12H2,1H3. The number of hydrogen-bond acceptors (Lipinski definition) is 3. The van der Waals surface area contributed by atoms with E-state index in [0.29, 0.717) is 6.54 Å². The summed E-state index contributed by atoms with van der Waals surface area (Å²) in [6, 6.07) is 6.80. The molecule has 0 spiro atoms. The van der Waals surface area contributed by atoms with Gasteiger partial charge in [-0.25, -0.2) is 0 Å². The number of aryl methyl sites for hydroxylation is 4. The Labute approximate surface area is 153 Å². The molecule has 0 saturated heterocycles. The Kier molecular flexibility index (Phi) is 4.50. The van der Waals surface area contributed by atoms with Crippen LogP contribution < -0.4 is 0 Å². The number of fused-ring (bicyclic) bond motifs is 2. The summed E-state index contributed by atoms with van der Waals surface area (Å²) in [4.78, 5) is 14.5. The molecule has 2 heterocycles. The third kappa shape index (κ3) is 3.17. The first-order chi connectivity index (χ1) is 12.2. The van der Waals surface area contributed by atoms with Gasteiger partial charge in [0.05, 0.1) is 6.04 Å². The largest absolute Gasteiger partial charge is 0.333 e. The topological polar surface area (TPSA) is 51.0 Å². The number of benzene rings is 1. The molecule has 1 atom stereocenters. The van der Waals surface area contributed by atoms with E-state index >= 15 is 0 Å². The Morgan fingerprint density at radius 3 is 2.96 bits per heavy atom. The number of carbonyl (C=O) groups is 1. The van der Waals surface area contributed by atoms with Crippen LogP contribution >= 0.6 is 11.6 Å². The number of nitrogens with zero attached hydrogens (tertiary/aromatic N) is 4. The minimum atomic E-state index is 0.00124. The Hall–Kier alpha value is -1.88. The summed E-state index contributed by atoms with van der Waals surface area (Å²) in [6.45, 7) is 3.34. The highest BCUT2D eigenvalue weighted by Gasteiger charge is 2.29. The van der Waals surface area contributed by atoms with Crippen molar-refractivity contribution >= 4 is 17.5 Å². The van der Waals surface area contributed by atoms with Gasteiger partial charge in [0.1, 0.15) is 17.5 Å². The van der Waals surface area contributed by atoms with Gasteiger partial charge in [-0.3, -0.25) is 4.79 Å². The molecule has 25 heavy (non-hydrogen) atoms. The van der Waals surface area contributed by atoms with E-state index in [4.69, 9.17) is 11.6 Å². The van der Waals surface area contributed by atoms with Gasteiger partial charge in [-0.2, -0.15) is 0 Å². The van der Waals surface area contributed by atoms with Crippen LogP contribution in [0.25, 0.3) is 0 Å². The van der Waals surface area contributed by atoms with Crippen molar-refractivity contribution in [3.05, 3.63) is 46.5 Å². The zero-order valence-corrected chi connectivity index (χ0v) is 15.3. The van der Waals surface area contributed by atoms with Crippen LogP contribution in [0, 0.1) is 6.92 Å². The molecule has 4 rings (SSSR count). The number of amides is 1. The van der Waals surface area contributed by atoms with Gasteiger partial charge in [0.15, 0.2) is 0 Å². The second-order valence-corrected chi connectivity index (χ2v) is 7.35. The molecule has 132 valence electrons. The number of alkyl halides is 1. The van der Waals surface area contributed by atoms with Crippen molar-refractivity contribution in [3.8, 4) is 0 Å². The van der Waals surface area contributed by atoms with Crippen LogP contribution in [0.1, 0.15) is 41.2 Å². The van der Waals surface area contributed by atoms with Crippen LogP contribution in [0.4, 0.5) is 0 Å². The number of hydrogen-bond donors (Lipinski definition) is 0. The van der Waals surface area contributed by atoms with E-state index < -0.39 is 0 Å². The van der Waals surface area contributed by atoms with E-state index in [0.717, 1.165) is 37.5 Å². The molecule has 1 aliphatic heterocycles. The number of rotatable bonds is 4. The van der Waals surface area contributed by atoms with Gasteiger partial charge in [-0.1, -0.05) is 18.2 Å². The SMILES string of the molecule is Cc1nnc2n1CC(N(Cc1ccc3c(c1)CCC3)C(=O)CCl)CC2. The van der Waals surface area contributed by atoms with Crippen molar-refractivity contribution < 1.29 is 4.79 Å². The quantitative estimate of drug-likeness (QED) is 0.789. The molecule has 1 aromatic carbocycles. The molecule has 0 bridgehead atoms. The molecule has 0 saturated carbocycles. The van der Waals surface area contributed by atoms with Crippen molar-refractivity contribution in [2.24, 2.45) is 0 Å². The van der Waals surface area contributed by atoms with Crippen LogP contribution in [0.3, 0.4) is 0 Å². The first-order valence-corrected chi connectivity index (χ1v) is 9.54. The molecule has 0 radical (unpaired) electrons. The fourth-order valence-electron chi connectivity index (χ4n) is 4.12. The first-order valence-electron chi connectivity index (χ1n) is 9.00. The summed E-state index contributed by atoms with van der Waals surface area (Å²) in [6.07, 6.45) is 5.33. The summed E-state index contributed by atoms with van der Waals surface area (Å²) in [7, 11) is 0. The van der Waals surface area contributed by atoms with Crippen molar-refractivity contribution in [1.82, 2.24) is 19.7 Å². The minimum Gasteiger partial charge on any atom is -0.333 e. The minimum absolute atomic E-state index is 0.00124. The third-order valence-electron chi connectivity index (χ3n) is 5.50. The van der Waals surface area contributed by atoms with Gasteiger partial charge >= 0.3 is 0 Å². The summed E-state index contributed by atoms with van der Waals surface area (Å²) in [5.74, 6) is 1.96. The van der Waals surface area contributed by atoms with Gasteiger partial charge < -0.3 is 9.47 Å². The average molecular weight is 359 g/mol. The van der Waals surface area contributed by atoms with Crippen molar-refractivity contribution in [2.45, 2.75) is 58.2 Å². The molecule has 6 heteroatoms. The third-order valence-corrected chi connectivity index (χ3v) is 5.73. The van der Waals surface area contributed by atoms with Crippen molar-refractivity contribution in [2.75, 3.05) is 5.88 Å². The maximum absolute atomic E-state index is 12.5. The molecule has 1 amide bonds. The van der Waals surface area contributed by atoms with Crippen LogP contribution in [-0.2, 0) is 37.1 Å². The lowest BCUT2D eigenvalue weighted by atomic mass is 10.0. The van der Waals surface area contributed by atoms with E-state index in [9.17, 15) is 4.79 Å². The highest BCUT2D eigenvalue weighted by molar-refractivity contribution is 6.27. The zero-order valence-electron chi connectivity index (χ0n) is 14.5. The van der Waals surface area contributed by atoms with E-state index in [2.05, 4.69) is 33.0 Å². The fraction of sp³-hybridized carbons (Fsp3) is 0.526. The van der Waals surface area contributed by atoms with E-state index in [1.165, 1.54) is 29.5 Å². The average Bonchev–Trinajstić information content (AvgIpc) is 3.25. The van der Waals surface area contributed by atoms with Gasteiger partial charge in [0, 0.05) is 19.5 Å². The predicted molar refractivity (Wildman–Crippen MR) is 96.6 cm³/mol.